The van der Waals surface area contributed by atoms with Crippen LogP contribution in [-0.2, 0) is 41.4 Å². The van der Waals surface area contributed by atoms with Crippen LogP contribution in [0.25, 0.3) is 0 Å². The average Bonchev–Trinajstić information content (AvgIpc) is 3.13. The molecule has 286 valence electrons. The van der Waals surface area contributed by atoms with E-state index >= 15 is 0 Å². The fraction of sp³-hybridized carbons (Fsp3) is 0.667. The minimum atomic E-state index is -3.19. The maximum absolute atomic E-state index is 10.7. The molecule has 0 saturated carbocycles. The summed E-state index contributed by atoms with van der Waals surface area (Å²) in [6.07, 6.45) is 2.43. The first-order chi connectivity index (χ1) is 24.0. The number of hydrogen-bond donors (Lipinski definition) is 1. The fourth-order valence-electron chi connectivity index (χ4n) is 5.65. The zero-order valence-corrected chi connectivity index (χ0v) is 34.0. The van der Waals surface area contributed by atoms with Crippen molar-refractivity contribution in [1.29, 1.82) is 0 Å². The molecular weight excluding hydrogens is 679 g/mol. The van der Waals surface area contributed by atoms with Crippen LogP contribution in [0.2, 0.25) is 6.04 Å². The molecule has 1 N–H and O–H groups in total. The maximum atomic E-state index is 10.7. The summed E-state index contributed by atoms with van der Waals surface area (Å²) in [6.45, 7) is 12.1. The van der Waals surface area contributed by atoms with Gasteiger partial charge in [-0.25, -0.2) is 0 Å². The van der Waals surface area contributed by atoms with Gasteiger partial charge in [0.25, 0.3) is 5.91 Å². The number of nitrogens with zero attached hydrogens (tertiary/aromatic N) is 1. The number of benzene rings is 2. The number of unbranched alkanes of at least 4 members (excludes halogenated alkanes) is 1. The normalized spacial score (nSPS) is 13.8. The third kappa shape index (κ3) is 13.2. The molecule has 0 aliphatic carbocycles. The number of hydrogen-bond acceptors (Lipinski definition) is 12. The molecule has 12 nitrogen and oxygen atoms in total. The van der Waals surface area contributed by atoms with E-state index in [0.29, 0.717) is 32.1 Å². The van der Waals surface area contributed by atoms with E-state index in [-0.39, 0.29) is 12.0 Å². The predicted octanol–water partition coefficient (Wildman–Crippen LogP) is 5.30. The molecule has 0 heterocycles. The van der Waals surface area contributed by atoms with E-state index in [9.17, 15) is 5.11 Å². The monoisotopic (exact) mass is 741 g/mol. The Bertz CT molecular complexity index is 1150. The van der Waals surface area contributed by atoms with Crippen LogP contribution in [0, 0.1) is 0 Å². The summed E-state index contributed by atoms with van der Waals surface area (Å²) in [5.74, 6) is 0.585. The second kappa shape index (κ2) is 22.9. The number of aliphatic hydroxyl groups is 1. The van der Waals surface area contributed by atoms with Crippen molar-refractivity contribution < 1.29 is 50.6 Å². The van der Waals surface area contributed by atoms with Crippen LogP contribution >= 0.6 is 0 Å². The Labute approximate surface area is 302 Å². The van der Waals surface area contributed by atoms with Crippen molar-refractivity contribution in [1.82, 2.24) is 4.90 Å². The Kier molecular flexibility index (Phi) is 20.3. The molecular formula is C36H63NO11Si2. The van der Waals surface area contributed by atoms with Crippen molar-refractivity contribution in [3.63, 3.8) is 0 Å². The fourth-order valence-corrected chi connectivity index (χ4v) is 9.08. The van der Waals surface area contributed by atoms with Gasteiger partial charge in [0.1, 0.15) is 18.1 Å². The minimum Gasteiger partial charge on any atom is -0.491 e. The van der Waals surface area contributed by atoms with Gasteiger partial charge >= 0.3 is 17.6 Å². The summed E-state index contributed by atoms with van der Waals surface area (Å²) in [4.78, 5) is 2.27. The topological polar surface area (TPSA) is 116 Å². The number of aliphatic hydroxyl groups excluding tert-OH is 1. The van der Waals surface area contributed by atoms with Crippen LogP contribution in [-0.4, -0.2) is 128 Å². The Balaban J connectivity index is 1.85. The highest BCUT2D eigenvalue weighted by Crippen LogP contribution is 2.34. The average molecular weight is 742 g/mol. The lowest BCUT2D eigenvalue weighted by atomic mass is 9.78. The highest BCUT2D eigenvalue weighted by molar-refractivity contribution is 6.61. The zero-order valence-electron chi connectivity index (χ0n) is 32.0. The molecule has 0 aliphatic rings. The van der Waals surface area contributed by atoms with Crippen molar-refractivity contribution in [2.24, 2.45) is 0 Å². The lowest BCUT2D eigenvalue weighted by Gasteiger charge is -2.32. The van der Waals surface area contributed by atoms with Gasteiger partial charge < -0.3 is 55.5 Å². The Morgan fingerprint density at radius 2 is 1.26 bits per heavy atom. The molecule has 2 unspecified atom stereocenters. The van der Waals surface area contributed by atoms with Crippen molar-refractivity contribution >= 4 is 17.6 Å². The molecule has 2 atom stereocenters. The molecule has 0 amide bonds. The molecule has 50 heavy (non-hydrogen) atoms. The zero-order chi connectivity index (χ0) is 37.0. The van der Waals surface area contributed by atoms with Crippen LogP contribution < -0.4 is 9.47 Å². The van der Waals surface area contributed by atoms with Crippen molar-refractivity contribution in [2.75, 3.05) is 88.7 Å². The highest BCUT2D eigenvalue weighted by Gasteiger charge is 2.51. The molecule has 14 heteroatoms. The predicted molar refractivity (Wildman–Crippen MR) is 198 cm³/mol. The molecule has 2 aromatic rings. The first-order valence-electron chi connectivity index (χ1n) is 17.4. The molecule has 0 fully saturated rings. The van der Waals surface area contributed by atoms with Gasteiger partial charge in [0.15, 0.2) is 0 Å². The summed E-state index contributed by atoms with van der Waals surface area (Å²) in [6, 6.07) is 16.7. The van der Waals surface area contributed by atoms with Crippen LogP contribution in [0.5, 0.6) is 11.5 Å². The Hall–Kier alpha value is -1.93. The van der Waals surface area contributed by atoms with Gasteiger partial charge in [-0.1, -0.05) is 51.5 Å². The van der Waals surface area contributed by atoms with E-state index in [4.69, 9.17) is 45.5 Å². The maximum Gasteiger partial charge on any atom is 0.572 e. The van der Waals surface area contributed by atoms with E-state index in [0.717, 1.165) is 55.3 Å². The van der Waals surface area contributed by atoms with Crippen molar-refractivity contribution in [2.45, 2.75) is 70.4 Å². The first kappa shape index (κ1) is 44.2. The van der Waals surface area contributed by atoms with Gasteiger partial charge in [0.2, 0.25) is 0 Å². The van der Waals surface area contributed by atoms with E-state index in [1.165, 1.54) is 21.3 Å². The number of rotatable bonds is 28. The molecule has 0 spiro atoms. The lowest BCUT2D eigenvalue weighted by Crippen LogP contribution is -2.58. The van der Waals surface area contributed by atoms with Gasteiger partial charge in [0.05, 0.1) is 19.3 Å². The molecule has 0 aromatic heterocycles. The Morgan fingerprint density at radius 3 is 1.76 bits per heavy atom. The summed E-state index contributed by atoms with van der Waals surface area (Å²) < 4.78 is 57.0. The standard InChI is InChI=1S/C36H63NO11Si2/c1-11-13-23-37(24-14-27-49(39-5,40-6)41-7)28-32(38)29-45-25-26-47-33-19-15-30(16-20-33)36(3,4)31-17-21-34(22-18-31)48-35(46-12-2)50(42-8,43-9)44-10/h15-22,32,35,38H,11-14,23-29H2,1-10H3. The Morgan fingerprint density at radius 1 is 0.720 bits per heavy atom. The number of ether oxygens (including phenoxy) is 4. The van der Waals surface area contributed by atoms with Crippen LogP contribution in [0.15, 0.2) is 48.5 Å². The van der Waals surface area contributed by atoms with Gasteiger partial charge in [-0.05, 0) is 68.2 Å². The van der Waals surface area contributed by atoms with Gasteiger partial charge in [-0.3, -0.25) is 0 Å². The molecule has 2 aromatic carbocycles. The van der Waals surface area contributed by atoms with Crippen LogP contribution in [0.1, 0.15) is 58.1 Å². The molecule has 2 rings (SSSR count). The molecule has 0 aliphatic heterocycles. The minimum absolute atomic E-state index is 0.246. The van der Waals surface area contributed by atoms with Crippen molar-refractivity contribution in [3.05, 3.63) is 59.7 Å². The molecule has 0 bridgehead atoms. The van der Waals surface area contributed by atoms with Crippen LogP contribution in [0.4, 0.5) is 0 Å². The molecule has 0 radical (unpaired) electrons. The van der Waals surface area contributed by atoms with Crippen molar-refractivity contribution in [3.8, 4) is 11.5 Å². The van der Waals surface area contributed by atoms with Gasteiger partial charge in [-0.2, -0.15) is 0 Å². The van der Waals surface area contributed by atoms with E-state index in [1.807, 2.05) is 43.3 Å². The summed E-state index contributed by atoms with van der Waals surface area (Å²) >= 11 is 0. The second-order valence-corrected chi connectivity index (χ2v) is 18.4. The summed E-state index contributed by atoms with van der Waals surface area (Å²) in [7, 11) is 3.70. The summed E-state index contributed by atoms with van der Waals surface area (Å²) in [5.41, 5.74) is 1.99. The van der Waals surface area contributed by atoms with Gasteiger partial charge in [0, 0.05) is 67.3 Å². The largest absolute Gasteiger partial charge is 0.572 e. The third-order valence-corrected chi connectivity index (χ3v) is 14.3. The van der Waals surface area contributed by atoms with Crippen LogP contribution in [0.3, 0.4) is 0 Å². The SMILES string of the molecule is CCCCN(CCC[Si](OC)(OC)OC)CC(O)COCCOc1ccc(C(C)(C)c2ccc(OC(OCC)[Si](OC)(OC)OC)cc2)cc1. The van der Waals surface area contributed by atoms with E-state index in [2.05, 4.69) is 37.8 Å². The summed E-state index contributed by atoms with van der Waals surface area (Å²) in [5, 5.41) is 10.7. The van der Waals surface area contributed by atoms with E-state index < -0.39 is 29.6 Å². The highest BCUT2D eigenvalue weighted by atomic mass is 28.4. The van der Waals surface area contributed by atoms with E-state index in [1.54, 1.807) is 21.3 Å². The third-order valence-electron chi connectivity index (χ3n) is 8.85. The lowest BCUT2D eigenvalue weighted by molar-refractivity contribution is -0.0795. The second-order valence-electron chi connectivity index (χ2n) is 12.4. The van der Waals surface area contributed by atoms with Gasteiger partial charge in [-0.15, -0.1) is 0 Å². The quantitative estimate of drug-likeness (QED) is 0.0694. The first-order valence-corrected chi connectivity index (χ1v) is 21.2. The molecule has 0 saturated heterocycles. The smallest absolute Gasteiger partial charge is 0.491 e.